The van der Waals surface area contributed by atoms with Gasteiger partial charge in [-0.15, -0.1) is 0 Å². The van der Waals surface area contributed by atoms with Crippen molar-refractivity contribution in [1.29, 1.82) is 0 Å². The minimum atomic E-state index is -1.19. The molecule has 0 aliphatic carbocycles. The van der Waals surface area contributed by atoms with Gasteiger partial charge in [-0.3, -0.25) is 9.71 Å². The van der Waals surface area contributed by atoms with Gasteiger partial charge in [0.25, 0.3) is 0 Å². The molecule has 3 heterocycles. The van der Waals surface area contributed by atoms with Crippen molar-refractivity contribution in [1.82, 2.24) is 19.5 Å². The Morgan fingerprint density at radius 3 is 2.75 bits per heavy atom. The number of aliphatic hydroxyl groups is 3. The molecule has 2 aromatic heterocycles. The van der Waals surface area contributed by atoms with Crippen LogP contribution in [0.3, 0.4) is 0 Å². The van der Waals surface area contributed by atoms with Gasteiger partial charge in [-0.2, -0.15) is 0 Å². The van der Waals surface area contributed by atoms with Crippen molar-refractivity contribution in [2.24, 2.45) is 5.14 Å². The van der Waals surface area contributed by atoms with Crippen molar-refractivity contribution >= 4 is 23.1 Å². The van der Waals surface area contributed by atoms with Gasteiger partial charge in [0.05, 0.1) is 12.9 Å². The zero-order chi connectivity index (χ0) is 14.3. The predicted molar refractivity (Wildman–Crippen MR) is 68.4 cm³/mol. The Kier molecular flexibility index (Phi) is 3.58. The van der Waals surface area contributed by atoms with Gasteiger partial charge >= 0.3 is 0 Å². The molecule has 1 saturated heterocycles. The molecule has 20 heavy (non-hydrogen) atoms. The van der Waals surface area contributed by atoms with Crippen molar-refractivity contribution in [2.45, 2.75) is 29.6 Å². The summed E-state index contributed by atoms with van der Waals surface area (Å²) in [4.78, 5) is 12.2. The van der Waals surface area contributed by atoms with E-state index in [0.717, 1.165) is 11.9 Å². The number of rotatable bonds is 3. The van der Waals surface area contributed by atoms with Crippen LogP contribution in [-0.4, -0.2) is 59.8 Å². The third kappa shape index (κ3) is 1.97. The van der Waals surface area contributed by atoms with Gasteiger partial charge in [-0.1, -0.05) is 0 Å². The molecular weight excluding hydrogens is 286 g/mol. The van der Waals surface area contributed by atoms with Crippen LogP contribution in [0.15, 0.2) is 17.7 Å². The van der Waals surface area contributed by atoms with E-state index >= 15 is 0 Å². The number of nitrogens with two attached hydrogens (primary N) is 1. The van der Waals surface area contributed by atoms with Crippen LogP contribution in [0, 0.1) is 0 Å². The first kappa shape index (κ1) is 13.7. The normalized spacial score (nSPS) is 30.2. The molecular formula is C10H13N5O4S. The summed E-state index contributed by atoms with van der Waals surface area (Å²) in [6.07, 6.45) is -1.33. The van der Waals surface area contributed by atoms with E-state index in [1.54, 1.807) is 0 Å². The monoisotopic (exact) mass is 299 g/mol. The highest BCUT2D eigenvalue weighted by atomic mass is 32.2. The van der Waals surface area contributed by atoms with Crippen LogP contribution >= 0.6 is 11.9 Å². The number of imidazole rings is 1. The molecule has 2 aromatic rings. The number of nitrogens with zero attached hydrogens (tertiary/aromatic N) is 4. The fourth-order valence-electron chi connectivity index (χ4n) is 2.21. The molecule has 0 aromatic carbocycles. The Bertz CT molecular complexity index is 623. The summed E-state index contributed by atoms with van der Waals surface area (Å²) >= 11 is 0.941. The third-order valence-electron chi connectivity index (χ3n) is 3.23. The van der Waals surface area contributed by atoms with Crippen LogP contribution in [-0.2, 0) is 4.74 Å². The molecule has 10 heteroatoms. The van der Waals surface area contributed by atoms with Gasteiger partial charge < -0.3 is 20.1 Å². The van der Waals surface area contributed by atoms with E-state index in [1.807, 2.05) is 0 Å². The lowest BCUT2D eigenvalue weighted by Crippen LogP contribution is -2.33. The number of hydrogen-bond donors (Lipinski definition) is 4. The number of hydrogen-bond acceptors (Lipinski definition) is 9. The summed E-state index contributed by atoms with van der Waals surface area (Å²) in [5.41, 5.74) is 0.917. The summed E-state index contributed by atoms with van der Waals surface area (Å²) in [6.45, 7) is -0.389. The lowest BCUT2D eigenvalue weighted by atomic mass is 10.1. The van der Waals surface area contributed by atoms with Crippen molar-refractivity contribution in [3.63, 3.8) is 0 Å². The van der Waals surface area contributed by atoms with Gasteiger partial charge in [-0.25, -0.2) is 15.0 Å². The molecule has 1 aliphatic rings. The van der Waals surface area contributed by atoms with Crippen molar-refractivity contribution < 1.29 is 20.1 Å². The van der Waals surface area contributed by atoms with Gasteiger partial charge in [0, 0.05) is 0 Å². The fraction of sp³-hybridized carbons (Fsp3) is 0.500. The average Bonchev–Trinajstić information content (AvgIpc) is 3.01. The Balaban J connectivity index is 2.03. The summed E-state index contributed by atoms with van der Waals surface area (Å²) in [6, 6.07) is 0. The largest absolute Gasteiger partial charge is 0.394 e. The molecule has 0 amide bonds. The van der Waals surface area contributed by atoms with Crippen LogP contribution in [0.2, 0.25) is 0 Å². The molecule has 1 aliphatic heterocycles. The topological polar surface area (TPSA) is 140 Å². The SMILES string of the molecule is NSc1ncnc2c1ncn2[C@@H]1O[C@H](CO)[C@@H](O)[C@H]1O. The lowest BCUT2D eigenvalue weighted by Gasteiger charge is -2.16. The van der Waals surface area contributed by atoms with E-state index in [0.29, 0.717) is 16.2 Å². The number of aliphatic hydroxyl groups excluding tert-OH is 3. The highest BCUT2D eigenvalue weighted by Gasteiger charge is 2.43. The molecule has 5 N–H and O–H groups in total. The second-order valence-electron chi connectivity index (χ2n) is 4.35. The Hall–Kier alpha value is -1.30. The number of fused-ring (bicyclic) bond motifs is 1. The summed E-state index contributed by atoms with van der Waals surface area (Å²) in [5, 5.41) is 34.9. The van der Waals surface area contributed by atoms with Crippen LogP contribution in [0.4, 0.5) is 0 Å². The zero-order valence-electron chi connectivity index (χ0n) is 10.2. The maximum Gasteiger partial charge on any atom is 0.166 e. The maximum absolute atomic E-state index is 10.0. The van der Waals surface area contributed by atoms with Crippen molar-refractivity contribution in [3.05, 3.63) is 12.7 Å². The number of aromatic nitrogens is 4. The van der Waals surface area contributed by atoms with Gasteiger partial charge in [0.2, 0.25) is 0 Å². The molecule has 1 fully saturated rings. The third-order valence-corrected chi connectivity index (χ3v) is 3.75. The van der Waals surface area contributed by atoms with E-state index in [-0.39, 0.29) is 6.61 Å². The van der Waals surface area contributed by atoms with E-state index < -0.39 is 24.5 Å². The highest BCUT2D eigenvalue weighted by molar-refractivity contribution is 7.97. The molecule has 3 rings (SSSR count). The molecule has 0 saturated carbocycles. The smallest absolute Gasteiger partial charge is 0.166 e. The summed E-state index contributed by atoms with van der Waals surface area (Å²) in [7, 11) is 0. The van der Waals surface area contributed by atoms with Crippen LogP contribution in [0.25, 0.3) is 11.2 Å². The molecule has 0 spiro atoms. The van der Waals surface area contributed by atoms with Crippen LogP contribution in [0.5, 0.6) is 0 Å². The highest BCUT2D eigenvalue weighted by Crippen LogP contribution is 2.32. The summed E-state index contributed by atoms with van der Waals surface area (Å²) < 4.78 is 6.92. The maximum atomic E-state index is 10.0. The quantitative estimate of drug-likeness (QED) is 0.390. The molecule has 9 nitrogen and oxygen atoms in total. The van der Waals surface area contributed by atoms with E-state index in [4.69, 9.17) is 15.0 Å². The molecule has 108 valence electrons. The van der Waals surface area contributed by atoms with Gasteiger partial charge in [-0.05, 0) is 11.9 Å². The minimum absolute atomic E-state index is 0.389. The van der Waals surface area contributed by atoms with E-state index in [2.05, 4.69) is 15.0 Å². The molecule has 0 radical (unpaired) electrons. The summed E-state index contributed by atoms with van der Waals surface area (Å²) in [5.74, 6) is 0. The number of ether oxygens (including phenoxy) is 1. The van der Waals surface area contributed by atoms with Gasteiger partial charge in [0.1, 0.15) is 35.2 Å². The van der Waals surface area contributed by atoms with Crippen LogP contribution < -0.4 is 5.14 Å². The van der Waals surface area contributed by atoms with Crippen LogP contribution in [0.1, 0.15) is 6.23 Å². The van der Waals surface area contributed by atoms with E-state index in [9.17, 15) is 10.2 Å². The van der Waals surface area contributed by atoms with Gasteiger partial charge in [0.15, 0.2) is 11.9 Å². The zero-order valence-corrected chi connectivity index (χ0v) is 11.0. The first-order valence-corrected chi connectivity index (χ1v) is 6.72. The first-order chi connectivity index (χ1) is 9.67. The Labute approximate surface area is 117 Å². The molecule has 0 bridgehead atoms. The minimum Gasteiger partial charge on any atom is -0.394 e. The Morgan fingerprint density at radius 1 is 1.30 bits per heavy atom. The second-order valence-corrected chi connectivity index (χ2v) is 4.97. The molecule has 0 unspecified atom stereocenters. The standard InChI is InChI=1S/C10H13N5O4S/c11-20-9-5-8(12-2-13-9)15(3-14-5)10-7(18)6(17)4(1-16)19-10/h2-4,6-7,10,16-18H,1,11H2/t4-,6-,7-,10-/m1/s1. The first-order valence-electron chi connectivity index (χ1n) is 5.84. The van der Waals surface area contributed by atoms with E-state index in [1.165, 1.54) is 17.2 Å². The van der Waals surface area contributed by atoms with Crippen molar-refractivity contribution in [2.75, 3.05) is 6.61 Å². The average molecular weight is 299 g/mol. The lowest BCUT2D eigenvalue weighted by molar-refractivity contribution is -0.0511. The Morgan fingerprint density at radius 2 is 2.10 bits per heavy atom. The fourth-order valence-corrected chi connectivity index (χ4v) is 2.58. The molecule has 4 atom stereocenters. The predicted octanol–water partition coefficient (Wildman–Crippen LogP) is -1.60. The van der Waals surface area contributed by atoms with Crippen molar-refractivity contribution in [3.8, 4) is 0 Å². The second kappa shape index (κ2) is 5.24.